The molecule has 0 aromatic rings. The van der Waals surface area contributed by atoms with E-state index in [1.54, 1.807) is 0 Å². The summed E-state index contributed by atoms with van der Waals surface area (Å²) in [6, 6.07) is 0. The van der Waals surface area contributed by atoms with Gasteiger partial charge in [0.2, 0.25) is 10.4 Å². The summed E-state index contributed by atoms with van der Waals surface area (Å²) in [6.45, 7) is 4.51. The molecule has 0 aliphatic rings. The van der Waals surface area contributed by atoms with Crippen molar-refractivity contribution in [2.45, 2.75) is 181 Å². The summed E-state index contributed by atoms with van der Waals surface area (Å²) in [4.78, 5) is 10.2. The number of carbonyl (C=O) groups is 1. The zero-order valence-corrected chi connectivity index (χ0v) is 33.4. The maximum Gasteiger partial charge on any atom is 2.00 e. The van der Waals surface area contributed by atoms with Gasteiger partial charge in [0.15, 0.2) is 0 Å². The molecule has 0 atom stereocenters. The van der Waals surface area contributed by atoms with Crippen LogP contribution in [0.4, 0.5) is 0 Å². The second-order valence-electron chi connectivity index (χ2n) is 10.5. The Kier molecular flexibility index (Phi) is 55.9. The van der Waals surface area contributed by atoms with E-state index in [-0.39, 0.29) is 95.2 Å². The third-order valence-electron chi connectivity index (χ3n) is 6.71. The molecule has 0 aliphatic carbocycles. The Bertz CT molecular complexity index is 568. The summed E-state index contributed by atoms with van der Waals surface area (Å²) < 4.78 is 34.5. The SMILES string of the molecule is CCCCCCCCCCCCCCCCCC(=O)[O-].CCCCCCCCCCCCOS(=O)(=O)[O-].[Mg+2].[Na+].[Na+]. The molecule has 0 radical (unpaired) electrons. The van der Waals surface area contributed by atoms with Gasteiger partial charge in [0.1, 0.15) is 0 Å². The molecule has 0 aromatic carbocycles. The third kappa shape index (κ3) is 56.0. The van der Waals surface area contributed by atoms with Gasteiger partial charge in [-0.2, -0.15) is 0 Å². The molecule has 0 aromatic heterocycles. The molecule has 224 valence electrons. The van der Waals surface area contributed by atoms with E-state index < -0.39 is 16.4 Å². The van der Waals surface area contributed by atoms with Crippen LogP contribution in [0.25, 0.3) is 0 Å². The number of rotatable bonds is 28. The Morgan fingerprint density at radius 3 is 1.02 bits per heavy atom. The van der Waals surface area contributed by atoms with Gasteiger partial charge in [-0.25, -0.2) is 8.42 Å². The van der Waals surface area contributed by atoms with Gasteiger partial charge in [-0.05, 0) is 19.3 Å². The molecule has 40 heavy (non-hydrogen) atoms. The van der Waals surface area contributed by atoms with Crippen molar-refractivity contribution in [2.75, 3.05) is 6.61 Å². The first-order valence-electron chi connectivity index (χ1n) is 15.6. The first-order chi connectivity index (χ1) is 17.8. The van der Waals surface area contributed by atoms with Crippen LogP contribution in [-0.4, -0.2) is 48.6 Å². The summed E-state index contributed by atoms with van der Waals surface area (Å²) in [6.07, 6.45) is 31.6. The number of unbranched alkanes of at least 4 members (excludes halogenated alkanes) is 23. The summed E-state index contributed by atoms with van der Waals surface area (Å²) >= 11 is 0. The molecule has 0 saturated heterocycles. The molecule has 0 amide bonds. The minimum absolute atomic E-state index is 0. The summed E-state index contributed by atoms with van der Waals surface area (Å²) in [5.41, 5.74) is 0. The van der Waals surface area contributed by atoms with E-state index in [4.69, 9.17) is 0 Å². The van der Waals surface area contributed by atoms with E-state index in [0.717, 1.165) is 25.7 Å². The smallest absolute Gasteiger partial charge is 0.726 e. The van der Waals surface area contributed by atoms with E-state index in [1.807, 2.05) is 0 Å². The van der Waals surface area contributed by atoms with Crippen molar-refractivity contribution in [3.63, 3.8) is 0 Å². The fourth-order valence-corrected chi connectivity index (χ4v) is 4.71. The van der Waals surface area contributed by atoms with Crippen LogP contribution in [0.2, 0.25) is 0 Å². The minimum Gasteiger partial charge on any atom is -0.726 e. The zero-order valence-electron chi connectivity index (χ0n) is 27.2. The standard InChI is InChI=1S/C18H36O2.C12H26O4S.Mg.2Na/c1-2-3-4-5-6-7-8-9-10-11-12-13-14-15-16-17-18(19)20;1-2-3-4-5-6-7-8-9-10-11-12-16-17(13,14)15;;;/h2-17H2,1H3,(H,19,20);2-12H2,1H3,(H,13,14,15);;;/q;;+2;2*+1/p-2. The van der Waals surface area contributed by atoms with Crippen molar-refractivity contribution >= 4 is 39.4 Å². The molecular weight excluding hydrogens is 559 g/mol. The Labute approximate surface area is 309 Å². The number of hydrogen-bond donors (Lipinski definition) is 0. The topological polar surface area (TPSA) is 107 Å². The predicted molar refractivity (Wildman–Crippen MR) is 158 cm³/mol. The molecule has 0 aliphatic heterocycles. The van der Waals surface area contributed by atoms with Gasteiger partial charge in [-0.15, -0.1) is 0 Å². The average Bonchev–Trinajstić information content (AvgIpc) is 2.84. The van der Waals surface area contributed by atoms with E-state index in [0.29, 0.717) is 6.42 Å². The molecule has 0 fully saturated rings. The van der Waals surface area contributed by atoms with Crippen molar-refractivity contribution < 1.29 is 86.2 Å². The Hall–Kier alpha value is 2.11. The van der Waals surface area contributed by atoms with Crippen LogP contribution in [0.1, 0.15) is 181 Å². The largest absolute Gasteiger partial charge is 2.00 e. The maximum absolute atomic E-state index is 10.2. The first kappa shape index (κ1) is 51.7. The van der Waals surface area contributed by atoms with Crippen LogP contribution in [0.5, 0.6) is 0 Å². The van der Waals surface area contributed by atoms with Crippen LogP contribution >= 0.6 is 0 Å². The zero-order chi connectivity index (χ0) is 27.9. The van der Waals surface area contributed by atoms with Crippen molar-refractivity contribution in [2.24, 2.45) is 0 Å². The van der Waals surface area contributed by atoms with Crippen molar-refractivity contribution in [1.29, 1.82) is 0 Å². The van der Waals surface area contributed by atoms with Gasteiger partial charge >= 0.3 is 82.2 Å². The molecule has 0 unspecified atom stereocenters. The van der Waals surface area contributed by atoms with Crippen molar-refractivity contribution in [1.82, 2.24) is 0 Å². The molecule has 6 nitrogen and oxygen atoms in total. The quantitative estimate of drug-likeness (QED) is 0.0575. The van der Waals surface area contributed by atoms with Crippen LogP contribution < -0.4 is 64.2 Å². The van der Waals surface area contributed by atoms with E-state index in [1.165, 1.54) is 128 Å². The Morgan fingerprint density at radius 2 is 0.775 bits per heavy atom. The van der Waals surface area contributed by atoms with Crippen LogP contribution in [0.3, 0.4) is 0 Å². The second-order valence-corrected chi connectivity index (χ2v) is 11.5. The molecule has 10 heteroatoms. The first-order valence-corrected chi connectivity index (χ1v) is 17.0. The molecule has 0 spiro atoms. The molecule has 0 saturated carbocycles. The van der Waals surface area contributed by atoms with Crippen LogP contribution in [-0.2, 0) is 19.4 Å². The fraction of sp³-hybridized carbons (Fsp3) is 0.967. The summed E-state index contributed by atoms with van der Waals surface area (Å²) in [5.74, 6) is -0.903. The van der Waals surface area contributed by atoms with Crippen LogP contribution in [0.15, 0.2) is 0 Å². The van der Waals surface area contributed by atoms with Gasteiger partial charge in [0.25, 0.3) is 0 Å². The van der Waals surface area contributed by atoms with E-state index in [9.17, 15) is 22.9 Å². The molecule has 0 N–H and O–H groups in total. The normalized spacial score (nSPS) is 10.5. The maximum atomic E-state index is 10.2. The van der Waals surface area contributed by atoms with Crippen molar-refractivity contribution in [3.05, 3.63) is 0 Å². The van der Waals surface area contributed by atoms with Gasteiger partial charge in [-0.1, -0.05) is 162 Å². The third-order valence-corrected chi connectivity index (χ3v) is 7.17. The molecular formula is C30H60MgNa2O6S+2. The molecule has 0 bridgehead atoms. The number of carboxylic acids is 1. The fourth-order valence-electron chi connectivity index (χ4n) is 4.39. The van der Waals surface area contributed by atoms with Gasteiger partial charge in [0, 0.05) is 5.97 Å². The average molecular weight is 619 g/mol. The summed E-state index contributed by atoms with van der Waals surface area (Å²) in [7, 11) is -4.48. The second kappa shape index (κ2) is 43.2. The van der Waals surface area contributed by atoms with Crippen LogP contribution in [0, 0.1) is 0 Å². The summed E-state index contributed by atoms with van der Waals surface area (Å²) in [5, 5.41) is 10.2. The monoisotopic (exact) mass is 618 g/mol. The number of aliphatic carboxylic acids is 1. The number of carbonyl (C=O) groups excluding carboxylic acids is 1. The molecule has 0 heterocycles. The Morgan fingerprint density at radius 1 is 0.525 bits per heavy atom. The Balaban J connectivity index is -0.000000192. The minimum atomic E-state index is -4.48. The van der Waals surface area contributed by atoms with Gasteiger partial charge < -0.3 is 14.5 Å². The number of hydrogen-bond acceptors (Lipinski definition) is 6. The number of carboxylic acid groups (broad SMARTS) is 1. The van der Waals surface area contributed by atoms with E-state index >= 15 is 0 Å². The van der Waals surface area contributed by atoms with Crippen molar-refractivity contribution in [3.8, 4) is 0 Å². The van der Waals surface area contributed by atoms with Gasteiger partial charge in [0.05, 0.1) is 6.61 Å². The molecule has 0 rings (SSSR count). The predicted octanol–water partition coefficient (Wildman–Crippen LogP) is 2.01. The van der Waals surface area contributed by atoms with Gasteiger partial charge in [-0.3, -0.25) is 4.18 Å². The van der Waals surface area contributed by atoms with E-state index in [2.05, 4.69) is 18.0 Å².